The highest BCUT2D eigenvalue weighted by Gasteiger charge is 2.23. The molecular formula is C20H28F2N6S. The quantitative estimate of drug-likeness (QED) is 0.424. The molecule has 9 heteroatoms. The number of unbranched alkanes of at least 4 members (excludes halogenated alkanes) is 1. The smallest absolute Gasteiger partial charge is 0.305 e. The van der Waals surface area contributed by atoms with Crippen LogP contribution in [0.25, 0.3) is 11.0 Å². The van der Waals surface area contributed by atoms with Crippen LogP contribution in [0.5, 0.6) is 0 Å². The highest BCUT2D eigenvalue weighted by Crippen LogP contribution is 2.30. The molecule has 1 aromatic carbocycles. The summed E-state index contributed by atoms with van der Waals surface area (Å²) in [6, 6.07) is 7.15. The van der Waals surface area contributed by atoms with Crippen molar-refractivity contribution >= 4 is 22.8 Å². The van der Waals surface area contributed by atoms with Crippen molar-refractivity contribution in [3.05, 3.63) is 35.9 Å². The van der Waals surface area contributed by atoms with E-state index in [1.807, 2.05) is 20.2 Å². The molecule has 0 amide bonds. The van der Waals surface area contributed by atoms with E-state index in [0.717, 1.165) is 41.4 Å². The standard InChI is InChI=1S/C20H28F2N6S/c1-5-7-12-27-18(15(6-2)26(3)4)24-25-20(27)29-13-17-23-14-10-8-9-11-16(14)28(17)19(21)22/h8-11,15,19H,5-7,12-13H2,1-4H3. The van der Waals surface area contributed by atoms with Crippen molar-refractivity contribution < 1.29 is 8.78 Å². The topological polar surface area (TPSA) is 51.8 Å². The molecule has 1 unspecified atom stereocenters. The van der Waals surface area contributed by atoms with Crippen LogP contribution in [0.4, 0.5) is 8.78 Å². The van der Waals surface area contributed by atoms with E-state index < -0.39 is 6.55 Å². The minimum atomic E-state index is -2.63. The van der Waals surface area contributed by atoms with Gasteiger partial charge in [-0.2, -0.15) is 8.78 Å². The molecule has 3 rings (SSSR count). The molecule has 0 aliphatic carbocycles. The van der Waals surface area contributed by atoms with Crippen molar-refractivity contribution in [2.75, 3.05) is 14.1 Å². The van der Waals surface area contributed by atoms with E-state index in [4.69, 9.17) is 0 Å². The zero-order valence-corrected chi connectivity index (χ0v) is 18.2. The summed E-state index contributed by atoms with van der Waals surface area (Å²) in [5.74, 6) is 1.58. The lowest BCUT2D eigenvalue weighted by Crippen LogP contribution is -2.23. The SMILES string of the molecule is CCCCn1c(SCc2nc3ccccc3n2C(F)F)nnc1C(CC)N(C)C. The Bertz CT molecular complexity index is 936. The van der Waals surface area contributed by atoms with E-state index in [9.17, 15) is 8.78 Å². The van der Waals surface area contributed by atoms with Gasteiger partial charge in [-0.25, -0.2) is 4.98 Å². The summed E-state index contributed by atoms with van der Waals surface area (Å²) in [7, 11) is 4.07. The zero-order valence-electron chi connectivity index (χ0n) is 17.3. The third-order valence-corrected chi connectivity index (χ3v) is 5.95. The number of halogens is 2. The fourth-order valence-corrected chi connectivity index (χ4v) is 4.40. The molecule has 3 aromatic rings. The molecule has 1 atom stereocenters. The molecular weight excluding hydrogens is 394 g/mol. The third kappa shape index (κ3) is 4.61. The van der Waals surface area contributed by atoms with Gasteiger partial charge in [0, 0.05) is 6.54 Å². The number of hydrogen-bond donors (Lipinski definition) is 0. The number of hydrogen-bond acceptors (Lipinski definition) is 5. The number of aromatic nitrogens is 5. The average molecular weight is 423 g/mol. The molecule has 0 N–H and O–H groups in total. The van der Waals surface area contributed by atoms with Gasteiger partial charge in [0.25, 0.3) is 0 Å². The second-order valence-corrected chi connectivity index (χ2v) is 8.13. The minimum Gasteiger partial charge on any atom is -0.305 e. The maximum Gasteiger partial charge on any atom is 0.320 e. The molecule has 0 saturated heterocycles. The van der Waals surface area contributed by atoms with Crippen molar-refractivity contribution in [1.82, 2.24) is 29.2 Å². The van der Waals surface area contributed by atoms with Crippen LogP contribution in [0.1, 0.15) is 57.3 Å². The van der Waals surface area contributed by atoms with E-state index in [1.165, 1.54) is 11.8 Å². The van der Waals surface area contributed by atoms with Crippen molar-refractivity contribution in [2.45, 2.75) is 63.2 Å². The van der Waals surface area contributed by atoms with Crippen molar-refractivity contribution in [2.24, 2.45) is 0 Å². The van der Waals surface area contributed by atoms with Crippen LogP contribution in [0.15, 0.2) is 29.4 Å². The highest BCUT2D eigenvalue weighted by atomic mass is 32.2. The number of fused-ring (bicyclic) bond motifs is 1. The first kappa shape index (κ1) is 21.7. The van der Waals surface area contributed by atoms with E-state index in [2.05, 4.69) is 38.5 Å². The van der Waals surface area contributed by atoms with E-state index in [-0.39, 0.29) is 6.04 Å². The van der Waals surface area contributed by atoms with E-state index in [0.29, 0.717) is 22.6 Å². The summed E-state index contributed by atoms with van der Waals surface area (Å²) < 4.78 is 30.5. The molecule has 2 heterocycles. The highest BCUT2D eigenvalue weighted by molar-refractivity contribution is 7.98. The molecule has 29 heavy (non-hydrogen) atoms. The van der Waals surface area contributed by atoms with Crippen LogP contribution in [-0.4, -0.2) is 43.3 Å². The van der Waals surface area contributed by atoms with Gasteiger partial charge in [0.1, 0.15) is 5.82 Å². The van der Waals surface area contributed by atoms with Gasteiger partial charge in [-0.1, -0.05) is 44.2 Å². The normalized spacial score (nSPS) is 13.1. The van der Waals surface area contributed by atoms with Crippen LogP contribution < -0.4 is 0 Å². The zero-order chi connectivity index (χ0) is 21.0. The number of imidazole rings is 1. The van der Waals surface area contributed by atoms with Gasteiger partial charge in [0.2, 0.25) is 0 Å². The lowest BCUT2D eigenvalue weighted by atomic mass is 10.2. The van der Waals surface area contributed by atoms with Gasteiger partial charge >= 0.3 is 6.55 Å². The van der Waals surface area contributed by atoms with Crippen LogP contribution in [0.2, 0.25) is 0 Å². The van der Waals surface area contributed by atoms with Gasteiger partial charge in [-0.15, -0.1) is 10.2 Å². The van der Waals surface area contributed by atoms with E-state index in [1.54, 1.807) is 18.2 Å². The molecule has 158 valence electrons. The first-order valence-electron chi connectivity index (χ1n) is 9.94. The van der Waals surface area contributed by atoms with Gasteiger partial charge in [0.15, 0.2) is 11.0 Å². The Morgan fingerprint density at radius 3 is 2.55 bits per heavy atom. The van der Waals surface area contributed by atoms with Gasteiger partial charge in [0.05, 0.1) is 22.8 Å². The molecule has 0 aliphatic rings. The molecule has 0 aliphatic heterocycles. The van der Waals surface area contributed by atoms with Crippen molar-refractivity contribution in [1.29, 1.82) is 0 Å². The monoisotopic (exact) mass is 422 g/mol. The van der Waals surface area contributed by atoms with Crippen molar-refractivity contribution in [3.63, 3.8) is 0 Å². The lowest BCUT2D eigenvalue weighted by molar-refractivity contribution is 0.0722. The fraction of sp³-hybridized carbons (Fsp3) is 0.550. The first-order chi connectivity index (χ1) is 14.0. The summed E-state index contributed by atoms with van der Waals surface area (Å²) >= 11 is 1.41. The number of benzene rings is 1. The summed E-state index contributed by atoms with van der Waals surface area (Å²) in [6.07, 6.45) is 2.99. The van der Waals surface area contributed by atoms with Crippen LogP contribution >= 0.6 is 11.8 Å². The lowest BCUT2D eigenvalue weighted by Gasteiger charge is -2.23. The molecule has 0 saturated carbocycles. The Kier molecular flexibility index (Phi) is 7.23. The van der Waals surface area contributed by atoms with Crippen LogP contribution in [0.3, 0.4) is 0 Å². The maximum atomic E-state index is 13.7. The number of thioether (sulfide) groups is 1. The van der Waals surface area contributed by atoms with Gasteiger partial charge < -0.3 is 4.57 Å². The second-order valence-electron chi connectivity index (χ2n) is 7.19. The number of alkyl halides is 2. The van der Waals surface area contributed by atoms with Crippen LogP contribution in [-0.2, 0) is 12.3 Å². The minimum absolute atomic E-state index is 0.166. The number of rotatable bonds is 10. The summed E-state index contributed by atoms with van der Waals surface area (Å²) in [5, 5.41) is 9.59. The molecule has 0 fully saturated rings. The van der Waals surface area contributed by atoms with E-state index >= 15 is 0 Å². The first-order valence-corrected chi connectivity index (χ1v) is 10.9. The molecule has 0 radical (unpaired) electrons. The molecule has 2 aromatic heterocycles. The largest absolute Gasteiger partial charge is 0.320 e. The van der Waals surface area contributed by atoms with Gasteiger partial charge in [-0.05, 0) is 39.1 Å². The fourth-order valence-electron chi connectivity index (χ4n) is 3.50. The molecule has 6 nitrogen and oxygen atoms in total. The van der Waals surface area contributed by atoms with Gasteiger partial charge in [-0.3, -0.25) is 9.47 Å². The van der Waals surface area contributed by atoms with Crippen molar-refractivity contribution in [3.8, 4) is 0 Å². The Morgan fingerprint density at radius 1 is 1.14 bits per heavy atom. The summed E-state index contributed by atoms with van der Waals surface area (Å²) in [6.45, 7) is 2.45. The third-order valence-electron chi connectivity index (χ3n) is 4.98. The Morgan fingerprint density at radius 2 is 1.90 bits per heavy atom. The predicted octanol–water partition coefficient (Wildman–Crippen LogP) is 5.13. The van der Waals surface area contributed by atoms with Crippen LogP contribution in [0, 0.1) is 0 Å². The second kappa shape index (κ2) is 9.67. The summed E-state index contributed by atoms with van der Waals surface area (Å²) in [5.41, 5.74) is 1.03. The Labute approximate surface area is 174 Å². The number of para-hydroxylation sites is 2. The maximum absolute atomic E-state index is 13.7. The predicted molar refractivity (Wildman–Crippen MR) is 112 cm³/mol. The Balaban J connectivity index is 1.90. The number of nitrogens with zero attached hydrogens (tertiary/aromatic N) is 6. The molecule has 0 spiro atoms. The molecule has 0 bridgehead atoms. The summed E-state index contributed by atoms with van der Waals surface area (Å²) in [4.78, 5) is 6.56. The average Bonchev–Trinajstić information content (AvgIpc) is 3.26. The Hall–Kier alpha value is -2.00.